The summed E-state index contributed by atoms with van der Waals surface area (Å²) in [5.74, 6) is -0.480. The van der Waals surface area contributed by atoms with E-state index < -0.39 is 11.9 Å². The number of hydrogen-bond acceptors (Lipinski definition) is 2. The number of halogens is 2. The molecule has 0 aromatic heterocycles. The van der Waals surface area contributed by atoms with Crippen LogP contribution in [0.1, 0.15) is 43.0 Å². The normalized spacial score (nSPS) is 16.4. The highest BCUT2D eigenvalue weighted by atomic mass is 35.5. The second kappa shape index (κ2) is 7.34. The van der Waals surface area contributed by atoms with Crippen molar-refractivity contribution in [2.24, 2.45) is 0 Å². The molecule has 120 valence electrons. The molecule has 0 saturated heterocycles. The van der Waals surface area contributed by atoms with Gasteiger partial charge >= 0.3 is 0 Å². The lowest BCUT2D eigenvalue weighted by molar-refractivity contribution is -0.133. The average Bonchev–Trinajstić information content (AvgIpc) is 3.02. The SMILES string of the molecule is C[C@@H](NC(=O)c1cccc(Cl)c1Cl)C(=O)N(C)C1CCCC1. The Morgan fingerprint density at radius 3 is 2.55 bits per heavy atom. The smallest absolute Gasteiger partial charge is 0.253 e. The Kier molecular flexibility index (Phi) is 5.70. The van der Waals surface area contributed by atoms with Crippen LogP contribution in [-0.2, 0) is 4.79 Å². The summed E-state index contributed by atoms with van der Waals surface area (Å²) < 4.78 is 0. The highest BCUT2D eigenvalue weighted by Gasteiger charge is 2.27. The number of nitrogens with one attached hydrogen (secondary N) is 1. The van der Waals surface area contributed by atoms with E-state index in [0.717, 1.165) is 25.7 Å². The fourth-order valence-corrected chi connectivity index (χ4v) is 3.18. The van der Waals surface area contributed by atoms with Gasteiger partial charge in [0, 0.05) is 13.1 Å². The standard InChI is InChI=1S/C16H20Cl2N2O2/c1-10(16(22)20(2)11-6-3-4-7-11)19-15(21)12-8-5-9-13(17)14(12)18/h5,8-11H,3-4,6-7H2,1-2H3,(H,19,21)/t10-/m1/s1. The van der Waals surface area contributed by atoms with Gasteiger partial charge < -0.3 is 10.2 Å². The number of rotatable bonds is 4. The Morgan fingerprint density at radius 1 is 1.27 bits per heavy atom. The molecule has 0 aliphatic heterocycles. The summed E-state index contributed by atoms with van der Waals surface area (Å²) >= 11 is 11.9. The van der Waals surface area contributed by atoms with Crippen molar-refractivity contribution in [1.29, 1.82) is 0 Å². The summed E-state index contributed by atoms with van der Waals surface area (Å²) in [7, 11) is 1.80. The molecule has 0 bridgehead atoms. The molecular weight excluding hydrogens is 323 g/mol. The van der Waals surface area contributed by atoms with E-state index in [4.69, 9.17) is 23.2 Å². The molecule has 1 fully saturated rings. The molecule has 4 nitrogen and oxygen atoms in total. The minimum Gasteiger partial charge on any atom is -0.341 e. The zero-order valence-corrected chi connectivity index (χ0v) is 14.2. The van der Waals surface area contributed by atoms with Gasteiger partial charge in [-0.15, -0.1) is 0 Å². The minimum atomic E-state index is -0.604. The molecule has 1 saturated carbocycles. The Labute approximate surface area is 140 Å². The van der Waals surface area contributed by atoms with E-state index in [1.54, 1.807) is 37.1 Å². The van der Waals surface area contributed by atoms with Gasteiger partial charge in [-0.05, 0) is 31.9 Å². The molecule has 22 heavy (non-hydrogen) atoms. The van der Waals surface area contributed by atoms with E-state index in [2.05, 4.69) is 5.32 Å². The van der Waals surface area contributed by atoms with Crippen molar-refractivity contribution in [2.75, 3.05) is 7.05 Å². The highest BCUT2D eigenvalue weighted by Crippen LogP contribution is 2.26. The number of nitrogens with zero attached hydrogens (tertiary/aromatic N) is 1. The third-order valence-electron chi connectivity index (χ3n) is 4.13. The van der Waals surface area contributed by atoms with Crippen LogP contribution in [0.4, 0.5) is 0 Å². The largest absolute Gasteiger partial charge is 0.341 e. The zero-order valence-electron chi connectivity index (χ0n) is 12.7. The molecule has 0 radical (unpaired) electrons. The zero-order chi connectivity index (χ0) is 16.3. The van der Waals surface area contributed by atoms with Crippen LogP contribution in [0.3, 0.4) is 0 Å². The first-order valence-electron chi connectivity index (χ1n) is 7.43. The van der Waals surface area contributed by atoms with Crippen molar-refractivity contribution in [3.8, 4) is 0 Å². The molecular formula is C16H20Cl2N2O2. The number of likely N-dealkylation sites (N-methyl/N-ethyl adjacent to an activating group) is 1. The third kappa shape index (κ3) is 3.73. The van der Waals surface area contributed by atoms with Gasteiger partial charge in [-0.1, -0.05) is 42.1 Å². The summed E-state index contributed by atoms with van der Waals surface area (Å²) in [5, 5.41) is 3.21. The molecule has 2 amide bonds. The molecule has 1 atom stereocenters. The predicted octanol–water partition coefficient (Wildman–Crippen LogP) is 3.51. The van der Waals surface area contributed by atoms with E-state index >= 15 is 0 Å². The Hall–Kier alpha value is -1.26. The Bertz CT molecular complexity index is 571. The predicted molar refractivity (Wildman–Crippen MR) is 88.4 cm³/mol. The van der Waals surface area contributed by atoms with Gasteiger partial charge in [0.1, 0.15) is 6.04 Å². The molecule has 1 aromatic rings. The third-order valence-corrected chi connectivity index (χ3v) is 4.95. The van der Waals surface area contributed by atoms with Crippen LogP contribution in [0, 0.1) is 0 Å². The van der Waals surface area contributed by atoms with Gasteiger partial charge in [0.25, 0.3) is 5.91 Å². The molecule has 1 aromatic carbocycles. The monoisotopic (exact) mass is 342 g/mol. The number of carbonyl (C=O) groups excluding carboxylic acids is 2. The maximum Gasteiger partial charge on any atom is 0.253 e. The summed E-state index contributed by atoms with van der Waals surface area (Å²) in [5.41, 5.74) is 0.275. The second-order valence-corrected chi connectivity index (χ2v) is 6.47. The van der Waals surface area contributed by atoms with E-state index in [0.29, 0.717) is 5.02 Å². The molecule has 0 unspecified atom stereocenters. The molecule has 1 aliphatic carbocycles. The summed E-state index contributed by atoms with van der Waals surface area (Å²) in [6.07, 6.45) is 4.37. The molecule has 1 aliphatic rings. The van der Waals surface area contributed by atoms with Crippen molar-refractivity contribution < 1.29 is 9.59 Å². The fraction of sp³-hybridized carbons (Fsp3) is 0.500. The van der Waals surface area contributed by atoms with Crippen molar-refractivity contribution in [1.82, 2.24) is 10.2 Å². The van der Waals surface area contributed by atoms with Gasteiger partial charge in [0.15, 0.2) is 0 Å². The fourth-order valence-electron chi connectivity index (χ4n) is 2.79. The second-order valence-electron chi connectivity index (χ2n) is 5.68. The maximum atomic E-state index is 12.4. The molecule has 6 heteroatoms. The summed E-state index contributed by atoms with van der Waals surface area (Å²) in [4.78, 5) is 26.4. The summed E-state index contributed by atoms with van der Waals surface area (Å²) in [6.45, 7) is 1.68. The molecule has 0 spiro atoms. The molecule has 2 rings (SSSR count). The summed E-state index contributed by atoms with van der Waals surface area (Å²) in [6, 6.07) is 4.53. The first-order valence-corrected chi connectivity index (χ1v) is 8.19. The Morgan fingerprint density at radius 2 is 1.91 bits per heavy atom. The lowest BCUT2D eigenvalue weighted by atomic mass is 10.1. The van der Waals surface area contributed by atoms with Crippen LogP contribution in [0.15, 0.2) is 18.2 Å². The van der Waals surface area contributed by atoms with Crippen molar-refractivity contribution >= 4 is 35.0 Å². The molecule has 1 N–H and O–H groups in total. The first kappa shape index (κ1) is 17.1. The van der Waals surface area contributed by atoms with E-state index in [1.165, 1.54) is 0 Å². The molecule has 0 heterocycles. The number of hydrogen-bond donors (Lipinski definition) is 1. The highest BCUT2D eigenvalue weighted by molar-refractivity contribution is 6.43. The number of carbonyl (C=O) groups is 2. The number of benzene rings is 1. The van der Waals surface area contributed by atoms with Gasteiger partial charge in [0.2, 0.25) is 5.91 Å². The van der Waals surface area contributed by atoms with E-state index in [1.807, 2.05) is 0 Å². The van der Waals surface area contributed by atoms with Crippen LogP contribution in [-0.4, -0.2) is 35.8 Å². The van der Waals surface area contributed by atoms with Gasteiger partial charge in [-0.25, -0.2) is 0 Å². The minimum absolute atomic E-state index is 0.0848. The van der Waals surface area contributed by atoms with Crippen LogP contribution < -0.4 is 5.32 Å². The maximum absolute atomic E-state index is 12.4. The number of amides is 2. The van der Waals surface area contributed by atoms with Crippen LogP contribution in [0.5, 0.6) is 0 Å². The lowest BCUT2D eigenvalue weighted by Gasteiger charge is -2.27. The van der Waals surface area contributed by atoms with Crippen molar-refractivity contribution in [3.05, 3.63) is 33.8 Å². The van der Waals surface area contributed by atoms with Crippen LogP contribution >= 0.6 is 23.2 Å². The van der Waals surface area contributed by atoms with E-state index in [9.17, 15) is 9.59 Å². The van der Waals surface area contributed by atoms with Gasteiger partial charge in [-0.2, -0.15) is 0 Å². The first-order chi connectivity index (χ1) is 10.4. The van der Waals surface area contributed by atoms with Crippen molar-refractivity contribution in [2.45, 2.75) is 44.7 Å². The van der Waals surface area contributed by atoms with E-state index in [-0.39, 0.29) is 22.5 Å². The average molecular weight is 343 g/mol. The van der Waals surface area contributed by atoms with Gasteiger partial charge in [-0.3, -0.25) is 9.59 Å². The topological polar surface area (TPSA) is 49.4 Å². The van der Waals surface area contributed by atoms with Crippen LogP contribution in [0.2, 0.25) is 10.0 Å². The van der Waals surface area contributed by atoms with Gasteiger partial charge in [0.05, 0.1) is 15.6 Å². The van der Waals surface area contributed by atoms with Crippen LogP contribution in [0.25, 0.3) is 0 Å². The van der Waals surface area contributed by atoms with Crippen molar-refractivity contribution in [3.63, 3.8) is 0 Å². The Balaban J connectivity index is 2.01. The lowest BCUT2D eigenvalue weighted by Crippen LogP contribution is -2.48. The quantitative estimate of drug-likeness (QED) is 0.909.